The Morgan fingerprint density at radius 3 is 2.96 bits per heavy atom. The number of aliphatic hydroxyl groups excluding tert-OH is 1. The topological polar surface area (TPSA) is 74.0 Å². The molecule has 2 aromatic rings. The summed E-state index contributed by atoms with van der Waals surface area (Å²) in [5.41, 5.74) is 0.685. The number of aromatic nitrogens is 3. The van der Waals surface area contributed by atoms with Gasteiger partial charge in [-0.15, -0.1) is 0 Å². The highest BCUT2D eigenvalue weighted by atomic mass is 32.1. The zero-order valence-corrected chi connectivity index (χ0v) is 14.6. The van der Waals surface area contributed by atoms with E-state index in [1.807, 2.05) is 13.8 Å². The van der Waals surface area contributed by atoms with Crippen molar-refractivity contribution in [1.29, 1.82) is 0 Å². The molecule has 1 saturated heterocycles. The Morgan fingerprint density at radius 1 is 1.48 bits per heavy atom. The Kier molecular flexibility index (Phi) is 4.77. The molecule has 126 valence electrons. The second kappa shape index (κ2) is 6.64. The van der Waals surface area contributed by atoms with E-state index < -0.39 is 0 Å². The molecule has 2 aromatic heterocycles. The summed E-state index contributed by atoms with van der Waals surface area (Å²) < 4.78 is 1.37. The Bertz CT molecular complexity index is 741. The lowest BCUT2D eigenvalue weighted by Gasteiger charge is -2.40. The molecule has 0 radical (unpaired) electrons. The number of piperazine rings is 1. The molecule has 3 heterocycles. The lowest BCUT2D eigenvalue weighted by Crippen LogP contribution is -2.53. The second-order valence-corrected chi connectivity index (χ2v) is 7.49. The molecular weight excluding hydrogens is 314 g/mol. The number of aliphatic hydroxyl groups is 1. The van der Waals surface area contributed by atoms with Crippen molar-refractivity contribution in [2.75, 3.05) is 26.2 Å². The molecule has 1 fully saturated rings. The van der Waals surface area contributed by atoms with Crippen molar-refractivity contribution < 1.29 is 5.11 Å². The smallest absolute Gasteiger partial charge is 0.275 e. The van der Waals surface area contributed by atoms with Crippen LogP contribution in [0.25, 0.3) is 4.96 Å². The van der Waals surface area contributed by atoms with Crippen molar-refractivity contribution in [3.63, 3.8) is 0 Å². The van der Waals surface area contributed by atoms with Crippen LogP contribution in [0, 0.1) is 6.92 Å². The van der Waals surface area contributed by atoms with Gasteiger partial charge in [-0.3, -0.25) is 14.6 Å². The van der Waals surface area contributed by atoms with E-state index in [4.69, 9.17) is 0 Å². The molecule has 2 atom stereocenters. The first-order chi connectivity index (χ1) is 10.9. The highest BCUT2D eigenvalue weighted by molar-refractivity contribution is 7.16. The fraction of sp³-hybridized carbons (Fsp3) is 0.667. The molecule has 1 aliphatic rings. The summed E-state index contributed by atoms with van der Waals surface area (Å²) in [6.45, 7) is 10.0. The minimum atomic E-state index is -0.303. The molecule has 23 heavy (non-hydrogen) atoms. The highest BCUT2D eigenvalue weighted by Crippen LogP contribution is 2.14. The molecule has 1 aliphatic heterocycles. The largest absolute Gasteiger partial charge is 0.392 e. The summed E-state index contributed by atoms with van der Waals surface area (Å²) in [6.07, 6.45) is -0.303. The number of aryl methyl sites for hydroxylation is 1. The van der Waals surface area contributed by atoms with Gasteiger partial charge < -0.3 is 5.11 Å². The third kappa shape index (κ3) is 3.77. The summed E-state index contributed by atoms with van der Waals surface area (Å²) in [5, 5.41) is 14.6. The number of nitrogens with zero attached hydrogens (tertiary/aromatic N) is 5. The lowest BCUT2D eigenvalue weighted by atomic mass is 10.1. The van der Waals surface area contributed by atoms with Crippen molar-refractivity contribution in [2.45, 2.75) is 39.5 Å². The summed E-state index contributed by atoms with van der Waals surface area (Å²) in [5.74, 6) is 0. The number of rotatable bonds is 4. The molecule has 0 spiro atoms. The van der Waals surface area contributed by atoms with Crippen molar-refractivity contribution >= 4 is 16.3 Å². The average molecular weight is 337 g/mol. The molecule has 0 amide bonds. The SMILES string of the molecule is Cc1nn2c(=O)cc(CN3CCN(C[C@H](C)O)[C@H](C)C3)nc2s1. The van der Waals surface area contributed by atoms with Gasteiger partial charge in [0.15, 0.2) is 0 Å². The molecule has 0 unspecified atom stereocenters. The fourth-order valence-electron chi connectivity index (χ4n) is 3.09. The van der Waals surface area contributed by atoms with Gasteiger partial charge >= 0.3 is 0 Å². The first-order valence-electron chi connectivity index (χ1n) is 7.93. The standard InChI is InChI=1S/C15H23N5O2S/c1-10-7-18(4-5-19(10)8-11(2)21)9-13-6-14(22)20-15(16-13)23-12(3)17-20/h6,10-11,21H,4-5,7-9H2,1-3H3/t10-,11+/m1/s1. The number of hydrogen-bond donors (Lipinski definition) is 1. The van der Waals surface area contributed by atoms with Gasteiger partial charge in [-0.05, 0) is 20.8 Å². The summed E-state index contributed by atoms with van der Waals surface area (Å²) >= 11 is 1.44. The van der Waals surface area contributed by atoms with Crippen LogP contribution in [-0.4, -0.2) is 67.8 Å². The molecule has 1 N–H and O–H groups in total. The van der Waals surface area contributed by atoms with Gasteiger partial charge in [-0.25, -0.2) is 4.98 Å². The third-order valence-electron chi connectivity index (χ3n) is 4.13. The monoisotopic (exact) mass is 337 g/mol. The Balaban J connectivity index is 1.70. The van der Waals surface area contributed by atoms with Gasteiger partial charge in [0, 0.05) is 44.8 Å². The Hall–Kier alpha value is -1.35. The minimum absolute atomic E-state index is 0.116. The van der Waals surface area contributed by atoms with Crippen LogP contribution in [0.4, 0.5) is 0 Å². The second-order valence-electron chi connectivity index (χ2n) is 6.33. The molecule has 0 bridgehead atoms. The highest BCUT2D eigenvalue weighted by Gasteiger charge is 2.24. The van der Waals surface area contributed by atoms with Crippen molar-refractivity contribution in [3.8, 4) is 0 Å². The van der Waals surface area contributed by atoms with E-state index in [1.54, 1.807) is 6.07 Å². The zero-order valence-electron chi connectivity index (χ0n) is 13.8. The van der Waals surface area contributed by atoms with E-state index in [1.165, 1.54) is 15.9 Å². The Labute approximate surface area is 139 Å². The van der Waals surface area contributed by atoms with E-state index >= 15 is 0 Å². The van der Waals surface area contributed by atoms with Crippen molar-refractivity contribution in [1.82, 2.24) is 24.4 Å². The first kappa shape index (κ1) is 16.5. The van der Waals surface area contributed by atoms with E-state index in [0.29, 0.717) is 24.1 Å². The third-order valence-corrected chi connectivity index (χ3v) is 4.96. The van der Waals surface area contributed by atoms with E-state index in [-0.39, 0.29) is 11.7 Å². The molecule has 0 saturated carbocycles. The van der Waals surface area contributed by atoms with Crippen LogP contribution in [0.15, 0.2) is 10.9 Å². The minimum Gasteiger partial charge on any atom is -0.392 e. The quantitative estimate of drug-likeness (QED) is 0.868. The van der Waals surface area contributed by atoms with Gasteiger partial charge in [-0.1, -0.05) is 11.3 Å². The number of β-amino-alcohol motifs (C(OH)–C–C–N with tert-alkyl or cyclic N) is 1. The molecule has 8 heteroatoms. The fourth-order valence-corrected chi connectivity index (χ4v) is 3.85. The van der Waals surface area contributed by atoms with Crippen LogP contribution in [0.5, 0.6) is 0 Å². The van der Waals surface area contributed by atoms with E-state index in [2.05, 4.69) is 26.8 Å². The number of fused-ring (bicyclic) bond motifs is 1. The normalized spacial score (nSPS) is 21.8. The van der Waals surface area contributed by atoms with E-state index in [0.717, 1.165) is 30.3 Å². The predicted molar refractivity (Wildman–Crippen MR) is 89.9 cm³/mol. The van der Waals surface area contributed by atoms with Gasteiger partial charge in [0.2, 0.25) is 4.96 Å². The van der Waals surface area contributed by atoms with Crippen LogP contribution in [0.2, 0.25) is 0 Å². The maximum atomic E-state index is 12.1. The van der Waals surface area contributed by atoms with Gasteiger partial charge in [0.25, 0.3) is 5.56 Å². The van der Waals surface area contributed by atoms with Crippen molar-refractivity contribution in [2.24, 2.45) is 0 Å². The maximum absolute atomic E-state index is 12.1. The van der Waals surface area contributed by atoms with Crippen molar-refractivity contribution in [3.05, 3.63) is 27.1 Å². The number of hydrogen-bond acceptors (Lipinski definition) is 7. The van der Waals surface area contributed by atoms with Gasteiger partial charge in [0.05, 0.1) is 11.8 Å². The van der Waals surface area contributed by atoms with Crippen LogP contribution in [-0.2, 0) is 6.54 Å². The Morgan fingerprint density at radius 2 is 2.26 bits per heavy atom. The zero-order chi connectivity index (χ0) is 16.6. The maximum Gasteiger partial charge on any atom is 0.275 e. The summed E-state index contributed by atoms with van der Waals surface area (Å²) in [4.78, 5) is 21.9. The molecular formula is C15H23N5O2S. The average Bonchev–Trinajstić information content (AvgIpc) is 2.82. The molecule has 0 aromatic carbocycles. The summed E-state index contributed by atoms with van der Waals surface area (Å²) in [6, 6.07) is 1.97. The molecule has 7 nitrogen and oxygen atoms in total. The first-order valence-corrected chi connectivity index (χ1v) is 8.75. The van der Waals surface area contributed by atoms with E-state index in [9.17, 15) is 9.90 Å². The van der Waals surface area contributed by atoms with Crippen LogP contribution >= 0.6 is 11.3 Å². The lowest BCUT2D eigenvalue weighted by molar-refractivity contribution is 0.0418. The van der Waals surface area contributed by atoms with Crippen LogP contribution in [0.1, 0.15) is 24.5 Å². The summed E-state index contributed by atoms with van der Waals surface area (Å²) in [7, 11) is 0. The molecule has 3 rings (SSSR count). The molecule has 0 aliphatic carbocycles. The van der Waals surface area contributed by atoms with Crippen LogP contribution < -0.4 is 5.56 Å². The predicted octanol–water partition coefficient (Wildman–Crippen LogP) is 0.346. The van der Waals surface area contributed by atoms with Crippen LogP contribution in [0.3, 0.4) is 0 Å². The van der Waals surface area contributed by atoms with Gasteiger partial charge in [-0.2, -0.15) is 9.61 Å². The van der Waals surface area contributed by atoms with Gasteiger partial charge in [0.1, 0.15) is 5.01 Å².